The molecule has 5 nitrogen and oxygen atoms in total. The topological polar surface area (TPSA) is 55.8 Å². The van der Waals surface area contributed by atoms with Gasteiger partial charge in [0.15, 0.2) is 0 Å². The van der Waals surface area contributed by atoms with Crippen molar-refractivity contribution in [2.75, 3.05) is 13.2 Å². The van der Waals surface area contributed by atoms with Gasteiger partial charge >= 0.3 is 12.1 Å². The first-order valence-corrected chi connectivity index (χ1v) is 7.86. The predicted molar refractivity (Wildman–Crippen MR) is 81.0 cm³/mol. The van der Waals surface area contributed by atoms with Crippen molar-refractivity contribution in [3.05, 3.63) is 0 Å². The molecule has 1 rings (SSSR count). The molecule has 122 valence electrons. The summed E-state index contributed by atoms with van der Waals surface area (Å²) in [4.78, 5) is 26.7. The molecule has 1 heterocycles. The average Bonchev–Trinajstić information content (AvgIpc) is 2.81. The van der Waals surface area contributed by atoms with Gasteiger partial charge in [0, 0.05) is 6.54 Å². The van der Waals surface area contributed by atoms with Gasteiger partial charge in [-0.25, -0.2) is 9.59 Å². The second-order valence-corrected chi connectivity index (χ2v) is 6.69. The molecule has 1 fully saturated rings. The molecule has 1 aliphatic rings. The number of ether oxygens (including phenoxy) is 2. The van der Waals surface area contributed by atoms with E-state index in [4.69, 9.17) is 9.47 Å². The van der Waals surface area contributed by atoms with Crippen LogP contribution in [0, 0.1) is 5.92 Å². The standard InChI is InChI=1S/C16H29NO4/c1-7-12(3)16(13(18)20-8-2)10-9-11-17(16)14(19)21-15(4,5)6/h12H,7-11H2,1-6H3. The zero-order valence-electron chi connectivity index (χ0n) is 14.2. The zero-order valence-corrected chi connectivity index (χ0v) is 14.2. The van der Waals surface area contributed by atoms with Crippen LogP contribution in [0.1, 0.15) is 60.8 Å². The first kappa shape index (κ1) is 17.8. The molecule has 1 amide bonds. The first-order valence-electron chi connectivity index (χ1n) is 7.86. The fourth-order valence-corrected chi connectivity index (χ4v) is 2.93. The average molecular weight is 299 g/mol. The van der Waals surface area contributed by atoms with Gasteiger partial charge in [0.05, 0.1) is 6.61 Å². The summed E-state index contributed by atoms with van der Waals surface area (Å²) in [6.07, 6.45) is 1.81. The Morgan fingerprint density at radius 3 is 2.38 bits per heavy atom. The summed E-state index contributed by atoms with van der Waals surface area (Å²) < 4.78 is 10.8. The molecule has 0 aromatic rings. The van der Waals surface area contributed by atoms with Gasteiger partial charge in [-0.05, 0) is 46.5 Å². The largest absolute Gasteiger partial charge is 0.464 e. The summed E-state index contributed by atoms with van der Waals surface area (Å²) in [6.45, 7) is 12.2. The molecule has 1 saturated heterocycles. The van der Waals surface area contributed by atoms with E-state index in [9.17, 15) is 9.59 Å². The molecule has 0 saturated carbocycles. The molecule has 0 aromatic heterocycles. The van der Waals surface area contributed by atoms with Crippen LogP contribution >= 0.6 is 0 Å². The lowest BCUT2D eigenvalue weighted by Gasteiger charge is -2.40. The van der Waals surface area contributed by atoms with E-state index in [1.807, 2.05) is 34.6 Å². The van der Waals surface area contributed by atoms with Crippen LogP contribution in [0.3, 0.4) is 0 Å². The molecular formula is C16H29NO4. The first-order chi connectivity index (χ1) is 9.69. The van der Waals surface area contributed by atoms with Crippen LogP contribution < -0.4 is 0 Å². The molecule has 5 heteroatoms. The molecule has 1 aliphatic heterocycles. The smallest absolute Gasteiger partial charge is 0.411 e. The highest BCUT2D eigenvalue weighted by Gasteiger charge is 2.54. The molecule has 0 radical (unpaired) electrons. The third-order valence-electron chi connectivity index (χ3n) is 4.09. The molecule has 2 atom stereocenters. The van der Waals surface area contributed by atoms with Gasteiger partial charge in [0.1, 0.15) is 11.1 Å². The fraction of sp³-hybridized carbons (Fsp3) is 0.875. The SMILES string of the molecule is CCOC(=O)C1(C(C)CC)CCCN1C(=O)OC(C)(C)C. The van der Waals surface area contributed by atoms with Crippen molar-refractivity contribution in [2.24, 2.45) is 5.92 Å². The van der Waals surface area contributed by atoms with Crippen molar-refractivity contribution in [1.82, 2.24) is 4.90 Å². The van der Waals surface area contributed by atoms with E-state index in [0.29, 0.717) is 19.6 Å². The molecule has 0 N–H and O–H groups in total. The Balaban J connectivity index is 3.10. The maximum Gasteiger partial charge on any atom is 0.411 e. The number of carbonyl (C=O) groups is 2. The van der Waals surface area contributed by atoms with Crippen LogP contribution in [0.4, 0.5) is 4.79 Å². The van der Waals surface area contributed by atoms with Crippen LogP contribution in [-0.4, -0.2) is 41.3 Å². The molecule has 0 aliphatic carbocycles. The van der Waals surface area contributed by atoms with Crippen LogP contribution in [0.2, 0.25) is 0 Å². The number of rotatable bonds is 4. The summed E-state index contributed by atoms with van der Waals surface area (Å²) in [7, 11) is 0. The minimum atomic E-state index is -0.882. The minimum absolute atomic E-state index is 0.0339. The number of hydrogen-bond donors (Lipinski definition) is 0. The highest BCUT2D eigenvalue weighted by molar-refractivity contribution is 5.87. The van der Waals surface area contributed by atoms with E-state index >= 15 is 0 Å². The molecule has 2 unspecified atom stereocenters. The van der Waals surface area contributed by atoms with Crippen LogP contribution in [-0.2, 0) is 14.3 Å². The summed E-state index contributed by atoms with van der Waals surface area (Å²) >= 11 is 0. The van der Waals surface area contributed by atoms with Gasteiger partial charge in [-0.1, -0.05) is 20.3 Å². The Morgan fingerprint density at radius 1 is 1.29 bits per heavy atom. The molecule has 0 aromatic carbocycles. The second kappa shape index (κ2) is 6.67. The normalized spacial score (nSPS) is 23.8. The highest BCUT2D eigenvalue weighted by Crippen LogP contribution is 2.39. The van der Waals surface area contributed by atoms with E-state index in [2.05, 4.69) is 0 Å². The summed E-state index contributed by atoms with van der Waals surface area (Å²) in [5.41, 5.74) is -1.46. The van der Waals surface area contributed by atoms with Gasteiger partial charge in [0.2, 0.25) is 0 Å². The number of likely N-dealkylation sites (tertiary alicyclic amines) is 1. The van der Waals surface area contributed by atoms with E-state index in [1.165, 1.54) is 0 Å². The van der Waals surface area contributed by atoms with Gasteiger partial charge in [-0.15, -0.1) is 0 Å². The number of hydrogen-bond acceptors (Lipinski definition) is 4. The van der Waals surface area contributed by atoms with E-state index in [0.717, 1.165) is 12.8 Å². The number of esters is 1. The van der Waals surface area contributed by atoms with Crippen LogP contribution in [0.15, 0.2) is 0 Å². The zero-order chi connectivity index (χ0) is 16.3. The lowest BCUT2D eigenvalue weighted by molar-refractivity contribution is -0.159. The van der Waals surface area contributed by atoms with Gasteiger partial charge in [0.25, 0.3) is 0 Å². The monoisotopic (exact) mass is 299 g/mol. The quantitative estimate of drug-likeness (QED) is 0.747. The lowest BCUT2D eigenvalue weighted by atomic mass is 9.81. The van der Waals surface area contributed by atoms with Crippen molar-refractivity contribution in [3.63, 3.8) is 0 Å². The highest BCUT2D eigenvalue weighted by atomic mass is 16.6. The van der Waals surface area contributed by atoms with Gasteiger partial charge in [-0.3, -0.25) is 4.90 Å². The summed E-state index contributed by atoms with van der Waals surface area (Å²) in [5, 5.41) is 0. The number of amides is 1. The maximum absolute atomic E-state index is 12.6. The summed E-state index contributed by atoms with van der Waals surface area (Å²) in [6, 6.07) is 0. The van der Waals surface area contributed by atoms with E-state index in [1.54, 1.807) is 11.8 Å². The third kappa shape index (κ3) is 3.69. The Kier molecular flexibility index (Phi) is 5.65. The lowest BCUT2D eigenvalue weighted by Crippen LogP contribution is -2.58. The van der Waals surface area contributed by atoms with Gasteiger partial charge in [-0.2, -0.15) is 0 Å². The maximum atomic E-state index is 12.6. The van der Waals surface area contributed by atoms with E-state index in [-0.39, 0.29) is 11.9 Å². The summed E-state index contributed by atoms with van der Waals surface area (Å²) in [5.74, 6) is -0.269. The Hall–Kier alpha value is -1.26. The van der Waals surface area contributed by atoms with Crippen LogP contribution in [0.5, 0.6) is 0 Å². The molecular weight excluding hydrogens is 270 g/mol. The van der Waals surface area contributed by atoms with Crippen LogP contribution in [0.25, 0.3) is 0 Å². The van der Waals surface area contributed by atoms with Crippen molar-refractivity contribution < 1.29 is 19.1 Å². The van der Waals surface area contributed by atoms with Crippen molar-refractivity contribution in [1.29, 1.82) is 0 Å². The van der Waals surface area contributed by atoms with Crippen molar-refractivity contribution in [2.45, 2.75) is 71.9 Å². The minimum Gasteiger partial charge on any atom is -0.464 e. The Labute approximate surface area is 128 Å². The molecule has 21 heavy (non-hydrogen) atoms. The van der Waals surface area contributed by atoms with Crippen molar-refractivity contribution >= 4 is 12.1 Å². The Bertz CT molecular complexity index is 388. The number of nitrogens with zero attached hydrogens (tertiary/aromatic N) is 1. The number of carbonyl (C=O) groups excluding carboxylic acids is 2. The van der Waals surface area contributed by atoms with E-state index < -0.39 is 17.2 Å². The van der Waals surface area contributed by atoms with Crippen molar-refractivity contribution in [3.8, 4) is 0 Å². The molecule has 0 spiro atoms. The fourth-order valence-electron chi connectivity index (χ4n) is 2.93. The third-order valence-corrected chi connectivity index (χ3v) is 4.09. The Morgan fingerprint density at radius 2 is 1.90 bits per heavy atom. The molecule has 0 bridgehead atoms. The predicted octanol–water partition coefficient (Wildman–Crippen LogP) is 3.37. The second-order valence-electron chi connectivity index (χ2n) is 6.69. The van der Waals surface area contributed by atoms with Gasteiger partial charge < -0.3 is 9.47 Å².